The van der Waals surface area contributed by atoms with Crippen molar-refractivity contribution in [2.24, 2.45) is 0 Å². The highest BCUT2D eigenvalue weighted by atomic mass is 35.5. The quantitative estimate of drug-likeness (QED) is 0.666. The molecule has 0 radical (unpaired) electrons. The van der Waals surface area contributed by atoms with Crippen LogP contribution in [0.1, 0.15) is 12.8 Å². The summed E-state index contributed by atoms with van der Waals surface area (Å²) in [5, 5.41) is 5.58. The van der Waals surface area contributed by atoms with Crippen molar-refractivity contribution in [2.45, 2.75) is 19.5 Å². The summed E-state index contributed by atoms with van der Waals surface area (Å²) in [6.07, 6.45) is 2.53. The molecule has 27 heavy (non-hydrogen) atoms. The molecule has 1 N–H and O–H groups in total. The average Bonchev–Trinajstić information content (AvgIpc) is 3.31. The topological polar surface area (TPSA) is 36.4 Å². The van der Waals surface area contributed by atoms with Crippen LogP contribution in [0.5, 0.6) is 5.75 Å². The number of ether oxygens (including phenoxy) is 1. The zero-order valence-corrected chi connectivity index (χ0v) is 16.8. The van der Waals surface area contributed by atoms with Crippen molar-refractivity contribution in [3.05, 3.63) is 58.3 Å². The second kappa shape index (κ2) is 7.84. The Balaban J connectivity index is 1.84. The smallest absolute Gasteiger partial charge is 0.207 e. The maximum atomic E-state index is 6.08. The van der Waals surface area contributed by atoms with Crippen LogP contribution >= 0.6 is 23.8 Å². The molecule has 7 heteroatoms. The maximum Gasteiger partial charge on any atom is 0.207 e. The standard InChI is InChI=1S/C20H21ClN4OS/c1-26-18-6-4-5-15(13-18)19-22-24(14-23-11-2-3-12-23)20(27)25(19)17-9-7-16(21)8-10-17/h4-10,13H,2-3,11-12,14H2,1H3/p+1. The Hall–Kier alpha value is -2.15. The van der Waals surface area contributed by atoms with Crippen LogP contribution in [0.4, 0.5) is 0 Å². The monoisotopic (exact) mass is 401 g/mol. The molecule has 1 aromatic heterocycles. The molecule has 140 valence electrons. The lowest BCUT2D eigenvalue weighted by Crippen LogP contribution is -3.09. The van der Waals surface area contributed by atoms with Crippen LogP contribution in [0.15, 0.2) is 48.5 Å². The Labute approximate surface area is 168 Å². The molecule has 1 saturated heterocycles. The van der Waals surface area contributed by atoms with Gasteiger partial charge in [0.1, 0.15) is 5.75 Å². The number of halogens is 1. The molecule has 0 aliphatic carbocycles. The molecule has 0 amide bonds. The molecule has 0 bridgehead atoms. The highest BCUT2D eigenvalue weighted by Crippen LogP contribution is 2.26. The summed E-state index contributed by atoms with van der Waals surface area (Å²) in [4.78, 5) is 1.52. The Kier molecular flexibility index (Phi) is 5.29. The van der Waals surface area contributed by atoms with Crippen LogP contribution in [-0.4, -0.2) is 34.5 Å². The van der Waals surface area contributed by atoms with Gasteiger partial charge in [-0.1, -0.05) is 23.7 Å². The summed E-state index contributed by atoms with van der Waals surface area (Å²) in [7, 11) is 1.67. The second-order valence-electron chi connectivity index (χ2n) is 6.76. The van der Waals surface area contributed by atoms with E-state index in [-0.39, 0.29) is 0 Å². The van der Waals surface area contributed by atoms with Gasteiger partial charge in [0.15, 0.2) is 12.5 Å². The van der Waals surface area contributed by atoms with Crippen LogP contribution in [-0.2, 0) is 6.67 Å². The normalized spacial score (nSPS) is 14.6. The van der Waals surface area contributed by atoms with Gasteiger partial charge in [0.25, 0.3) is 0 Å². The van der Waals surface area contributed by atoms with Crippen LogP contribution in [0.3, 0.4) is 0 Å². The number of methoxy groups -OCH3 is 1. The van der Waals surface area contributed by atoms with E-state index in [1.165, 1.54) is 30.8 Å². The SMILES string of the molecule is COc1cccc(-c2nn(C[NH+]3CCCC3)c(=S)n2-c2ccc(Cl)cc2)c1. The van der Waals surface area contributed by atoms with Gasteiger partial charge in [0, 0.05) is 23.4 Å². The fraction of sp³-hybridized carbons (Fsp3) is 0.300. The van der Waals surface area contributed by atoms with Gasteiger partial charge in [0.2, 0.25) is 4.77 Å². The number of quaternary nitrogens is 1. The average molecular weight is 402 g/mol. The molecule has 5 nitrogen and oxygen atoms in total. The summed E-state index contributed by atoms with van der Waals surface area (Å²) in [5.41, 5.74) is 1.91. The fourth-order valence-electron chi connectivity index (χ4n) is 3.53. The van der Waals surface area contributed by atoms with Gasteiger partial charge in [-0.3, -0.25) is 4.57 Å². The number of nitrogens with one attached hydrogen (secondary N) is 1. The first-order valence-corrected chi connectivity index (χ1v) is 9.88. The van der Waals surface area contributed by atoms with E-state index in [4.69, 9.17) is 33.7 Å². The third-order valence-electron chi connectivity index (χ3n) is 4.94. The molecule has 0 atom stereocenters. The molecule has 0 spiro atoms. The Morgan fingerprint density at radius 2 is 1.89 bits per heavy atom. The van der Waals surface area contributed by atoms with Gasteiger partial charge in [-0.15, -0.1) is 5.10 Å². The van der Waals surface area contributed by atoms with Crippen LogP contribution < -0.4 is 9.64 Å². The predicted molar refractivity (Wildman–Crippen MR) is 109 cm³/mol. The van der Waals surface area contributed by atoms with Gasteiger partial charge in [-0.25, -0.2) is 0 Å². The largest absolute Gasteiger partial charge is 0.497 e. The molecule has 3 aromatic rings. The van der Waals surface area contributed by atoms with E-state index in [1.807, 2.05) is 57.8 Å². The minimum Gasteiger partial charge on any atom is -0.497 e. The van der Waals surface area contributed by atoms with Crippen molar-refractivity contribution in [1.29, 1.82) is 0 Å². The zero-order chi connectivity index (χ0) is 18.8. The van der Waals surface area contributed by atoms with E-state index in [0.29, 0.717) is 9.79 Å². The van der Waals surface area contributed by atoms with Crippen LogP contribution in [0.25, 0.3) is 17.1 Å². The summed E-state index contributed by atoms with van der Waals surface area (Å²) in [5.74, 6) is 1.60. The molecule has 1 aliphatic heterocycles. The van der Waals surface area contributed by atoms with E-state index in [1.54, 1.807) is 7.11 Å². The molecule has 0 unspecified atom stereocenters. The maximum absolute atomic E-state index is 6.08. The van der Waals surface area contributed by atoms with Gasteiger partial charge in [0.05, 0.1) is 25.9 Å². The Morgan fingerprint density at radius 1 is 1.15 bits per heavy atom. The summed E-state index contributed by atoms with van der Waals surface area (Å²) < 4.78 is 10.0. The third-order valence-corrected chi connectivity index (χ3v) is 5.58. The van der Waals surface area contributed by atoms with Crippen LogP contribution in [0.2, 0.25) is 5.02 Å². The van der Waals surface area contributed by atoms with Crippen molar-refractivity contribution in [3.8, 4) is 22.8 Å². The number of rotatable bonds is 5. The minimum atomic E-state index is 0.689. The highest BCUT2D eigenvalue weighted by Gasteiger charge is 2.20. The lowest BCUT2D eigenvalue weighted by molar-refractivity contribution is -0.911. The Bertz CT molecular complexity index is 990. The molecule has 2 heterocycles. The first kappa shape index (κ1) is 18.2. The van der Waals surface area contributed by atoms with E-state index in [9.17, 15) is 0 Å². The first-order valence-electron chi connectivity index (χ1n) is 9.09. The van der Waals surface area contributed by atoms with Gasteiger partial charge >= 0.3 is 0 Å². The number of likely N-dealkylation sites (tertiary alicyclic amines) is 1. The third kappa shape index (κ3) is 3.78. The Morgan fingerprint density at radius 3 is 2.59 bits per heavy atom. The minimum absolute atomic E-state index is 0.689. The molecule has 1 aliphatic rings. The van der Waals surface area contributed by atoms with Crippen LogP contribution in [0, 0.1) is 4.77 Å². The van der Waals surface area contributed by atoms with Crippen molar-refractivity contribution in [2.75, 3.05) is 20.2 Å². The first-order chi connectivity index (χ1) is 13.2. The number of benzene rings is 2. The number of hydrogen-bond donors (Lipinski definition) is 1. The molecular weight excluding hydrogens is 380 g/mol. The lowest BCUT2D eigenvalue weighted by atomic mass is 10.2. The number of hydrogen-bond acceptors (Lipinski definition) is 3. The molecule has 0 saturated carbocycles. The second-order valence-corrected chi connectivity index (χ2v) is 7.57. The van der Waals surface area contributed by atoms with Crippen molar-refractivity contribution >= 4 is 23.8 Å². The summed E-state index contributed by atoms with van der Waals surface area (Å²) in [6, 6.07) is 15.6. The van der Waals surface area contributed by atoms with E-state index in [0.717, 1.165) is 29.5 Å². The lowest BCUT2D eigenvalue weighted by Gasteiger charge is -2.11. The number of aromatic nitrogens is 3. The molecule has 2 aromatic carbocycles. The van der Waals surface area contributed by atoms with Gasteiger partial charge < -0.3 is 9.64 Å². The van der Waals surface area contributed by atoms with Gasteiger partial charge in [-0.05, 0) is 48.6 Å². The zero-order valence-electron chi connectivity index (χ0n) is 15.2. The fourth-order valence-corrected chi connectivity index (χ4v) is 3.95. The summed E-state index contributed by atoms with van der Waals surface area (Å²) >= 11 is 11.9. The van der Waals surface area contributed by atoms with Gasteiger partial charge in [-0.2, -0.15) is 4.68 Å². The molecule has 1 fully saturated rings. The molecule has 4 rings (SSSR count). The van der Waals surface area contributed by atoms with Crippen molar-refractivity contribution < 1.29 is 9.64 Å². The molecular formula is C20H22ClN4OS+. The summed E-state index contributed by atoms with van der Waals surface area (Å²) in [6.45, 7) is 3.13. The highest BCUT2D eigenvalue weighted by molar-refractivity contribution is 7.71. The van der Waals surface area contributed by atoms with E-state index >= 15 is 0 Å². The van der Waals surface area contributed by atoms with E-state index in [2.05, 4.69) is 0 Å². The van der Waals surface area contributed by atoms with Crippen molar-refractivity contribution in [1.82, 2.24) is 14.3 Å². The van der Waals surface area contributed by atoms with Crippen molar-refractivity contribution in [3.63, 3.8) is 0 Å². The van der Waals surface area contributed by atoms with E-state index < -0.39 is 0 Å². The predicted octanol–water partition coefficient (Wildman–Crippen LogP) is 3.37. The number of nitrogens with zero attached hydrogens (tertiary/aromatic N) is 3.